The highest BCUT2D eigenvalue weighted by Crippen LogP contribution is 2.36. The van der Waals surface area contributed by atoms with Crippen LogP contribution in [0.5, 0.6) is 0 Å². The van der Waals surface area contributed by atoms with Gasteiger partial charge in [-0.1, -0.05) is 22.0 Å². The standard InChI is InChI=1S/C12H14BrFO2/c1-7-2-3-9(14)11(12(7)13)10-6-8(15)4-5-16-10/h2-3,8,10,15H,4-6H2,1H3. The molecule has 2 unspecified atom stereocenters. The number of halogens is 2. The third kappa shape index (κ3) is 2.29. The molecule has 0 aromatic heterocycles. The first kappa shape index (κ1) is 12.0. The van der Waals surface area contributed by atoms with Gasteiger partial charge in [0.1, 0.15) is 5.82 Å². The van der Waals surface area contributed by atoms with Crippen molar-refractivity contribution >= 4 is 15.9 Å². The van der Waals surface area contributed by atoms with E-state index < -0.39 is 6.10 Å². The molecule has 1 aromatic carbocycles. The molecule has 1 fully saturated rings. The average Bonchev–Trinajstić information content (AvgIpc) is 2.24. The number of aryl methyl sites for hydroxylation is 1. The van der Waals surface area contributed by atoms with E-state index in [-0.39, 0.29) is 11.9 Å². The fourth-order valence-corrected chi connectivity index (χ4v) is 2.53. The molecule has 16 heavy (non-hydrogen) atoms. The number of ether oxygens (including phenoxy) is 1. The molecule has 1 aliphatic heterocycles. The Hall–Kier alpha value is -0.450. The minimum absolute atomic E-state index is 0.281. The Morgan fingerprint density at radius 1 is 1.50 bits per heavy atom. The number of benzene rings is 1. The van der Waals surface area contributed by atoms with Gasteiger partial charge in [-0.25, -0.2) is 4.39 Å². The summed E-state index contributed by atoms with van der Waals surface area (Å²) in [5, 5.41) is 9.57. The fourth-order valence-electron chi connectivity index (χ4n) is 1.95. The Balaban J connectivity index is 2.35. The summed E-state index contributed by atoms with van der Waals surface area (Å²) in [5.74, 6) is -0.281. The van der Waals surface area contributed by atoms with Gasteiger partial charge in [0.25, 0.3) is 0 Å². The Morgan fingerprint density at radius 2 is 2.25 bits per heavy atom. The summed E-state index contributed by atoms with van der Waals surface area (Å²) in [4.78, 5) is 0. The van der Waals surface area contributed by atoms with Crippen LogP contribution in [0.3, 0.4) is 0 Å². The summed E-state index contributed by atoms with van der Waals surface area (Å²) in [7, 11) is 0. The van der Waals surface area contributed by atoms with E-state index in [2.05, 4.69) is 15.9 Å². The van der Waals surface area contributed by atoms with Crippen LogP contribution in [0.2, 0.25) is 0 Å². The lowest BCUT2D eigenvalue weighted by Crippen LogP contribution is -2.24. The molecule has 1 heterocycles. The van der Waals surface area contributed by atoms with Crippen LogP contribution in [-0.4, -0.2) is 17.8 Å². The third-order valence-corrected chi connectivity index (χ3v) is 3.95. The first-order valence-corrected chi connectivity index (χ1v) is 6.13. The Bertz CT molecular complexity index is 395. The number of aliphatic hydroxyl groups excluding tert-OH is 1. The second-order valence-electron chi connectivity index (χ2n) is 4.13. The van der Waals surface area contributed by atoms with Crippen LogP contribution in [0.15, 0.2) is 16.6 Å². The van der Waals surface area contributed by atoms with E-state index in [9.17, 15) is 9.50 Å². The normalized spacial score (nSPS) is 25.8. The SMILES string of the molecule is Cc1ccc(F)c(C2CC(O)CCO2)c1Br. The maximum Gasteiger partial charge on any atom is 0.130 e. The second kappa shape index (κ2) is 4.82. The first-order chi connectivity index (χ1) is 7.59. The van der Waals surface area contributed by atoms with Gasteiger partial charge in [0.2, 0.25) is 0 Å². The minimum Gasteiger partial charge on any atom is -0.393 e. The van der Waals surface area contributed by atoms with Gasteiger partial charge in [-0.2, -0.15) is 0 Å². The molecule has 0 radical (unpaired) electrons. The molecule has 0 bridgehead atoms. The monoisotopic (exact) mass is 288 g/mol. The lowest BCUT2D eigenvalue weighted by atomic mass is 9.97. The largest absolute Gasteiger partial charge is 0.393 e. The van der Waals surface area contributed by atoms with Crippen molar-refractivity contribution in [2.24, 2.45) is 0 Å². The predicted octanol–water partition coefficient (Wildman–Crippen LogP) is 3.11. The van der Waals surface area contributed by atoms with Crippen LogP contribution in [0.25, 0.3) is 0 Å². The van der Waals surface area contributed by atoms with Gasteiger partial charge in [-0.15, -0.1) is 0 Å². The van der Waals surface area contributed by atoms with Crippen molar-refractivity contribution in [3.8, 4) is 0 Å². The lowest BCUT2D eigenvalue weighted by Gasteiger charge is -2.28. The molecule has 2 atom stereocenters. The molecule has 2 rings (SSSR count). The van der Waals surface area contributed by atoms with Crippen molar-refractivity contribution < 1.29 is 14.2 Å². The quantitative estimate of drug-likeness (QED) is 0.860. The Labute approximate surface area is 103 Å². The van der Waals surface area contributed by atoms with Gasteiger partial charge in [-0.3, -0.25) is 0 Å². The van der Waals surface area contributed by atoms with E-state index in [4.69, 9.17) is 4.74 Å². The van der Waals surface area contributed by atoms with E-state index in [1.54, 1.807) is 6.07 Å². The highest BCUT2D eigenvalue weighted by molar-refractivity contribution is 9.10. The van der Waals surface area contributed by atoms with E-state index >= 15 is 0 Å². The van der Waals surface area contributed by atoms with Crippen LogP contribution in [0.4, 0.5) is 4.39 Å². The lowest BCUT2D eigenvalue weighted by molar-refractivity contribution is -0.0464. The van der Waals surface area contributed by atoms with E-state index in [0.29, 0.717) is 25.0 Å². The van der Waals surface area contributed by atoms with E-state index in [0.717, 1.165) is 10.0 Å². The topological polar surface area (TPSA) is 29.5 Å². The van der Waals surface area contributed by atoms with Crippen molar-refractivity contribution in [3.63, 3.8) is 0 Å². The Morgan fingerprint density at radius 3 is 2.94 bits per heavy atom. The molecule has 0 saturated carbocycles. The summed E-state index contributed by atoms with van der Waals surface area (Å²) < 4.78 is 20.0. The van der Waals surface area contributed by atoms with Gasteiger partial charge in [0.05, 0.1) is 12.2 Å². The molecular formula is C12H14BrFO2. The third-order valence-electron chi connectivity index (χ3n) is 2.90. The van der Waals surface area contributed by atoms with Crippen molar-refractivity contribution in [1.29, 1.82) is 0 Å². The summed E-state index contributed by atoms with van der Waals surface area (Å²) in [6, 6.07) is 3.17. The number of hydrogen-bond acceptors (Lipinski definition) is 2. The summed E-state index contributed by atoms with van der Waals surface area (Å²) in [6.45, 7) is 2.39. The van der Waals surface area contributed by atoms with Gasteiger partial charge in [0.15, 0.2) is 0 Å². The smallest absolute Gasteiger partial charge is 0.130 e. The minimum atomic E-state index is -0.398. The van der Waals surface area contributed by atoms with Crippen LogP contribution < -0.4 is 0 Å². The van der Waals surface area contributed by atoms with Crippen LogP contribution in [-0.2, 0) is 4.74 Å². The molecule has 1 aromatic rings. The first-order valence-electron chi connectivity index (χ1n) is 5.33. The van der Waals surface area contributed by atoms with Crippen LogP contribution in [0.1, 0.15) is 30.1 Å². The fraction of sp³-hybridized carbons (Fsp3) is 0.500. The zero-order valence-corrected chi connectivity index (χ0v) is 10.6. The predicted molar refractivity (Wildman–Crippen MR) is 62.8 cm³/mol. The van der Waals surface area contributed by atoms with E-state index in [1.807, 2.05) is 6.92 Å². The van der Waals surface area contributed by atoms with Crippen LogP contribution >= 0.6 is 15.9 Å². The zero-order chi connectivity index (χ0) is 11.7. The molecule has 1 saturated heterocycles. The van der Waals surface area contributed by atoms with Crippen molar-refractivity contribution in [2.75, 3.05) is 6.61 Å². The van der Waals surface area contributed by atoms with Gasteiger partial charge < -0.3 is 9.84 Å². The molecule has 88 valence electrons. The molecular weight excluding hydrogens is 275 g/mol. The molecule has 1 aliphatic rings. The maximum absolute atomic E-state index is 13.8. The Kier molecular flexibility index (Phi) is 3.62. The van der Waals surface area contributed by atoms with Crippen molar-refractivity contribution in [3.05, 3.63) is 33.5 Å². The van der Waals surface area contributed by atoms with Crippen molar-refractivity contribution in [2.45, 2.75) is 32.0 Å². The van der Waals surface area contributed by atoms with E-state index in [1.165, 1.54) is 6.07 Å². The number of rotatable bonds is 1. The molecule has 0 spiro atoms. The average molecular weight is 289 g/mol. The summed E-state index contributed by atoms with van der Waals surface area (Å²) in [6.07, 6.45) is 0.337. The number of aliphatic hydroxyl groups is 1. The molecule has 0 aliphatic carbocycles. The highest BCUT2D eigenvalue weighted by Gasteiger charge is 2.26. The molecule has 2 nitrogen and oxygen atoms in total. The molecule has 0 amide bonds. The van der Waals surface area contributed by atoms with Crippen LogP contribution in [0, 0.1) is 12.7 Å². The maximum atomic E-state index is 13.8. The summed E-state index contributed by atoms with van der Waals surface area (Å²) in [5.41, 5.74) is 1.50. The molecule has 4 heteroatoms. The van der Waals surface area contributed by atoms with Gasteiger partial charge >= 0.3 is 0 Å². The second-order valence-corrected chi connectivity index (χ2v) is 4.92. The molecule has 1 N–H and O–H groups in total. The number of hydrogen-bond donors (Lipinski definition) is 1. The summed E-state index contributed by atoms with van der Waals surface area (Å²) >= 11 is 3.38. The van der Waals surface area contributed by atoms with Gasteiger partial charge in [0, 0.05) is 23.1 Å². The highest BCUT2D eigenvalue weighted by atomic mass is 79.9. The van der Waals surface area contributed by atoms with Gasteiger partial charge in [-0.05, 0) is 25.0 Å². The zero-order valence-electron chi connectivity index (χ0n) is 9.04. The van der Waals surface area contributed by atoms with Crippen molar-refractivity contribution in [1.82, 2.24) is 0 Å².